The lowest BCUT2D eigenvalue weighted by Crippen LogP contribution is -2.55. The van der Waals surface area contributed by atoms with Crippen LogP contribution in [0.25, 0.3) is 0 Å². The average molecular weight is 997 g/mol. The van der Waals surface area contributed by atoms with Crippen molar-refractivity contribution in [1.29, 1.82) is 10.7 Å². The minimum absolute atomic E-state index is 0.0604. The van der Waals surface area contributed by atoms with Gasteiger partial charge in [0.2, 0.25) is 17.6 Å². The van der Waals surface area contributed by atoms with Gasteiger partial charge in [0.05, 0.1) is 62.3 Å². The van der Waals surface area contributed by atoms with Crippen molar-refractivity contribution in [3.05, 3.63) is 116 Å². The maximum Gasteiger partial charge on any atom is 0.246 e. The van der Waals surface area contributed by atoms with E-state index in [1.165, 1.54) is 11.3 Å². The van der Waals surface area contributed by atoms with Gasteiger partial charge in [-0.3, -0.25) is 14.4 Å². The van der Waals surface area contributed by atoms with E-state index in [0.29, 0.717) is 99.1 Å². The van der Waals surface area contributed by atoms with Crippen LogP contribution in [0.15, 0.2) is 83.4 Å². The number of halogens is 1. The zero-order valence-electron chi connectivity index (χ0n) is 40.7. The number of hydrogen-bond donors (Lipinski definition) is 4. The molecule has 2 heterocycles. The Hall–Kier alpha value is -5.67. The number of ketones is 1. The molecule has 70 heavy (non-hydrogen) atoms. The van der Waals surface area contributed by atoms with Crippen molar-refractivity contribution in [1.82, 2.24) is 20.5 Å². The van der Waals surface area contributed by atoms with Crippen LogP contribution < -0.4 is 25.4 Å². The molecule has 1 aliphatic heterocycles. The summed E-state index contributed by atoms with van der Waals surface area (Å²) in [7, 11) is 1.73. The fourth-order valence-corrected chi connectivity index (χ4v) is 9.72. The molecular weight excluding hydrogens is 930 g/mol. The molecule has 0 radical (unpaired) electrons. The lowest BCUT2D eigenvalue weighted by Gasteiger charge is -2.35. The summed E-state index contributed by atoms with van der Waals surface area (Å²) in [6, 6.07) is 20.8. The Morgan fingerprint density at radius 3 is 2.19 bits per heavy atom. The molecule has 0 spiro atoms. The first-order chi connectivity index (χ1) is 33.9. The third-order valence-electron chi connectivity index (χ3n) is 12.6. The van der Waals surface area contributed by atoms with Crippen LogP contribution in [0.1, 0.15) is 104 Å². The Morgan fingerprint density at radius 2 is 1.54 bits per heavy atom. The van der Waals surface area contributed by atoms with Crippen molar-refractivity contribution in [2.75, 3.05) is 71.8 Å². The summed E-state index contributed by atoms with van der Waals surface area (Å²) < 4.78 is 28.7. The second-order valence-electron chi connectivity index (χ2n) is 17.5. The van der Waals surface area contributed by atoms with Gasteiger partial charge < -0.3 is 49.9 Å². The molecule has 1 saturated heterocycles. The predicted octanol–water partition coefficient (Wildman–Crippen LogP) is 8.71. The molecule has 3 atom stereocenters. The molecule has 374 valence electrons. The Bertz CT molecular complexity index is 2450. The number of likely N-dealkylation sites (tertiary alicyclic amines) is 1. The Kier molecular flexibility index (Phi) is 21.2. The Morgan fingerprint density at radius 1 is 0.871 bits per heavy atom. The largest absolute Gasteiger partial charge is 0.491 e. The third-order valence-corrected chi connectivity index (χ3v) is 13.8. The van der Waals surface area contributed by atoms with E-state index in [9.17, 15) is 14.4 Å². The number of carbonyl (C=O) groups excluding carboxylic acids is 3. The van der Waals surface area contributed by atoms with Crippen LogP contribution >= 0.6 is 22.9 Å². The van der Waals surface area contributed by atoms with E-state index >= 15 is 0 Å². The molecule has 4 aromatic rings. The predicted molar refractivity (Wildman–Crippen MR) is 272 cm³/mol. The third kappa shape index (κ3) is 15.7. The number of anilines is 1. The number of allylic oxidation sites excluding steroid dienone is 2. The van der Waals surface area contributed by atoms with Gasteiger partial charge in [0.15, 0.2) is 0 Å². The van der Waals surface area contributed by atoms with Gasteiger partial charge in [-0.25, -0.2) is 4.98 Å². The van der Waals surface area contributed by atoms with Crippen LogP contribution in [0.4, 0.5) is 5.69 Å². The number of nitrogens with one attached hydrogen (secondary N) is 4. The monoisotopic (exact) mass is 995 g/mol. The second kappa shape index (κ2) is 27.7. The number of ether oxygens (including phenoxy) is 5. The van der Waals surface area contributed by atoms with Gasteiger partial charge in [0.25, 0.3) is 0 Å². The van der Waals surface area contributed by atoms with Crippen molar-refractivity contribution in [3.63, 3.8) is 0 Å². The molecule has 15 nitrogen and oxygen atoms in total. The highest BCUT2D eigenvalue weighted by atomic mass is 35.5. The number of benzene rings is 3. The Balaban J connectivity index is 0.837. The number of nitrogens with zero attached hydrogens (tertiary/aromatic N) is 3. The highest BCUT2D eigenvalue weighted by molar-refractivity contribution is 7.10. The first-order valence-corrected chi connectivity index (χ1v) is 25.4. The fourth-order valence-electron chi connectivity index (χ4n) is 8.55. The maximum absolute atomic E-state index is 14.2. The highest BCUT2D eigenvalue weighted by Crippen LogP contribution is 2.37. The van der Waals surface area contributed by atoms with Crippen LogP contribution in [0, 0.1) is 22.7 Å². The number of aromatic nitrogens is 1. The number of nitriles is 1. The van der Waals surface area contributed by atoms with E-state index in [4.69, 9.17) is 50.9 Å². The summed E-state index contributed by atoms with van der Waals surface area (Å²) in [6.45, 7) is 9.11. The highest BCUT2D eigenvalue weighted by Gasteiger charge is 2.40. The zero-order valence-corrected chi connectivity index (χ0v) is 42.2. The van der Waals surface area contributed by atoms with Crippen molar-refractivity contribution in [2.45, 2.75) is 90.3 Å². The van der Waals surface area contributed by atoms with Gasteiger partial charge in [-0.2, -0.15) is 5.26 Å². The smallest absolute Gasteiger partial charge is 0.246 e. The molecule has 2 fully saturated rings. The van der Waals surface area contributed by atoms with Gasteiger partial charge >= 0.3 is 0 Å². The van der Waals surface area contributed by atoms with Gasteiger partial charge in [0, 0.05) is 41.0 Å². The number of likely N-dealkylation sites (N-methyl/N-ethyl adjacent to an activating group) is 1. The van der Waals surface area contributed by atoms with E-state index in [0.717, 1.165) is 78.2 Å². The molecule has 0 bridgehead atoms. The van der Waals surface area contributed by atoms with Gasteiger partial charge in [-0.1, -0.05) is 55.1 Å². The second-order valence-corrected chi connectivity index (χ2v) is 18.8. The molecular formula is C53H66ClN7O8S. The van der Waals surface area contributed by atoms with E-state index in [1.807, 2.05) is 36.1 Å². The molecule has 3 aromatic carbocycles. The minimum Gasteiger partial charge on any atom is -0.491 e. The fraction of sp³-hybridized carbons (Fsp3) is 0.472. The van der Waals surface area contributed by atoms with Gasteiger partial charge in [-0.05, 0) is 113 Å². The van der Waals surface area contributed by atoms with Crippen molar-refractivity contribution in [2.24, 2.45) is 5.92 Å². The minimum atomic E-state index is -0.582. The summed E-state index contributed by atoms with van der Waals surface area (Å²) in [5, 5.41) is 29.7. The topological polar surface area (TPSA) is 197 Å². The van der Waals surface area contributed by atoms with E-state index in [2.05, 4.69) is 22.0 Å². The van der Waals surface area contributed by atoms with Crippen LogP contribution in [0.5, 0.6) is 11.5 Å². The molecule has 2 amide bonds. The zero-order chi connectivity index (χ0) is 49.8. The number of thiazole rings is 1. The van der Waals surface area contributed by atoms with Crippen LogP contribution in [-0.4, -0.2) is 112 Å². The molecule has 6 rings (SSSR count). The van der Waals surface area contributed by atoms with Crippen molar-refractivity contribution < 1.29 is 38.1 Å². The lowest BCUT2D eigenvalue weighted by atomic mass is 9.83. The molecule has 0 unspecified atom stereocenters. The number of amides is 2. The summed E-state index contributed by atoms with van der Waals surface area (Å²) >= 11 is 7.59. The Labute approximate surface area is 420 Å². The summed E-state index contributed by atoms with van der Waals surface area (Å²) in [5.41, 5.74) is 5.12. The molecule has 1 aliphatic carbocycles. The number of rotatable bonds is 27. The average Bonchev–Trinajstić information content (AvgIpc) is 4.07. The van der Waals surface area contributed by atoms with Gasteiger partial charge in [-0.15, -0.1) is 11.3 Å². The summed E-state index contributed by atoms with van der Waals surface area (Å²) in [4.78, 5) is 47.4. The van der Waals surface area contributed by atoms with E-state index in [1.54, 1.807) is 68.7 Å². The van der Waals surface area contributed by atoms with Gasteiger partial charge in [0.1, 0.15) is 47.5 Å². The van der Waals surface area contributed by atoms with E-state index < -0.39 is 12.1 Å². The number of carbonyl (C=O) groups is 3. The SMILES string of the molecule is CN[C@@H](C)C(=O)N[C@H](C(=O)N1CCC[C@H]1c1nc(C(=O)c2cccc(OCCOCCOCCOCCOc3ccc(C/C(C(C)=N)=C(\C)Nc4ccc(C#N)c(Cl)c4)cc3)c2)cs1)C1CCCCC1. The van der Waals surface area contributed by atoms with Crippen LogP contribution in [-0.2, 0) is 30.2 Å². The number of hydrogen-bond acceptors (Lipinski definition) is 14. The lowest BCUT2D eigenvalue weighted by molar-refractivity contribution is -0.139. The summed E-state index contributed by atoms with van der Waals surface area (Å²) in [5.74, 6) is 0.905. The van der Waals surface area contributed by atoms with Crippen LogP contribution in [0.3, 0.4) is 0 Å². The molecule has 17 heteroatoms. The normalized spacial score (nSPS) is 16.2. The quantitative estimate of drug-likeness (QED) is 0.0252. The molecule has 1 aromatic heterocycles. The standard InChI is InChI=1S/C53H66ClN7O8S/c1-35(56)45(36(2)58-42-18-17-41(33-55)46(54)32-42)30-38-15-19-43(20-16-38)68-28-26-66-24-22-65-23-25-67-27-29-69-44-13-8-12-40(31-44)50(62)47-34-70-52(59-47)48-14-9-21-61(48)53(64)49(39-10-6-5-7-11-39)60-51(63)37(3)57-4/h8,12-13,15-20,31-32,34,37,39,48-49,56-58H,5-7,9-11,14,21-30H2,1-4H3,(H,60,63)/b45-36-,56-35?/t37-,48-,49-/m0/s1. The molecule has 2 aliphatic rings. The molecule has 1 saturated carbocycles. The van der Waals surface area contributed by atoms with Crippen molar-refractivity contribution in [3.8, 4) is 17.6 Å². The van der Waals surface area contributed by atoms with E-state index in [-0.39, 0.29) is 29.6 Å². The first-order valence-electron chi connectivity index (χ1n) is 24.1. The van der Waals surface area contributed by atoms with Crippen molar-refractivity contribution >= 4 is 51.9 Å². The van der Waals surface area contributed by atoms with Crippen LogP contribution in [0.2, 0.25) is 5.02 Å². The maximum atomic E-state index is 14.2. The summed E-state index contributed by atoms with van der Waals surface area (Å²) in [6.07, 6.45) is 7.22. The molecule has 4 N–H and O–H groups in total. The first kappa shape index (κ1) is 53.7.